The zero-order valence-corrected chi connectivity index (χ0v) is 12.3. The minimum atomic E-state index is -0.536. The van der Waals surface area contributed by atoms with E-state index in [4.69, 9.17) is 11.6 Å². The molecule has 0 saturated heterocycles. The van der Waals surface area contributed by atoms with Gasteiger partial charge in [0.2, 0.25) is 5.56 Å². The van der Waals surface area contributed by atoms with Crippen LogP contribution >= 0.6 is 11.6 Å². The van der Waals surface area contributed by atoms with Gasteiger partial charge in [0, 0.05) is 17.2 Å². The van der Waals surface area contributed by atoms with Crippen molar-refractivity contribution in [2.45, 2.75) is 13.8 Å². The predicted octanol–water partition coefficient (Wildman–Crippen LogP) is 2.54. The molecule has 0 spiro atoms. The van der Waals surface area contributed by atoms with E-state index in [1.807, 2.05) is 0 Å². The van der Waals surface area contributed by atoms with E-state index >= 15 is 0 Å². The molecular formula is C12H11ClN4O5. The highest BCUT2D eigenvalue weighted by atomic mass is 35.5. The lowest BCUT2D eigenvalue weighted by Crippen LogP contribution is -2.05. The lowest BCUT2D eigenvalue weighted by atomic mass is 10.3. The third kappa shape index (κ3) is 4.63. The third-order valence-electron chi connectivity index (χ3n) is 2.55. The average molecular weight is 327 g/mol. The zero-order chi connectivity index (χ0) is 16.9. The normalized spacial score (nSPS) is 9.59. The molecule has 9 nitrogen and oxygen atoms in total. The number of hydrogen-bond donors (Lipinski definition) is 1. The Hall–Kier alpha value is -2.81. The van der Waals surface area contributed by atoms with Crippen molar-refractivity contribution in [2.75, 3.05) is 0 Å². The van der Waals surface area contributed by atoms with E-state index in [9.17, 15) is 25.0 Å². The van der Waals surface area contributed by atoms with Gasteiger partial charge in [0.1, 0.15) is 11.3 Å². The molecule has 22 heavy (non-hydrogen) atoms. The van der Waals surface area contributed by atoms with Crippen LogP contribution in [0.2, 0.25) is 5.15 Å². The van der Waals surface area contributed by atoms with Gasteiger partial charge >= 0.3 is 0 Å². The molecule has 2 aromatic rings. The van der Waals surface area contributed by atoms with Crippen LogP contribution in [0.15, 0.2) is 29.3 Å². The fourth-order valence-corrected chi connectivity index (χ4v) is 1.68. The zero-order valence-electron chi connectivity index (χ0n) is 11.6. The minimum absolute atomic E-state index is 0.00519. The van der Waals surface area contributed by atoms with Gasteiger partial charge in [0.15, 0.2) is 0 Å². The van der Waals surface area contributed by atoms with Crippen molar-refractivity contribution in [3.05, 3.63) is 71.4 Å². The first-order valence-electron chi connectivity index (χ1n) is 5.82. The van der Waals surface area contributed by atoms with Gasteiger partial charge in [0.05, 0.1) is 16.0 Å². The number of hydrogen-bond acceptors (Lipinski definition) is 6. The van der Waals surface area contributed by atoms with Crippen molar-refractivity contribution < 1.29 is 9.85 Å². The van der Waals surface area contributed by atoms with Gasteiger partial charge in [-0.25, -0.2) is 4.98 Å². The number of rotatable bonds is 2. The molecule has 0 aliphatic rings. The van der Waals surface area contributed by atoms with E-state index in [1.54, 1.807) is 6.92 Å². The molecule has 116 valence electrons. The summed E-state index contributed by atoms with van der Waals surface area (Å²) in [5.74, 6) is 0. The number of pyridine rings is 2. The molecule has 0 aromatic carbocycles. The Labute approximate surface area is 128 Å². The molecule has 2 heterocycles. The van der Waals surface area contributed by atoms with Crippen LogP contribution in [0.5, 0.6) is 0 Å². The highest BCUT2D eigenvalue weighted by Gasteiger charge is 2.10. The Morgan fingerprint density at radius 2 is 1.64 bits per heavy atom. The summed E-state index contributed by atoms with van der Waals surface area (Å²) in [5, 5.41) is 20.7. The Kier molecular flexibility index (Phi) is 5.70. The Balaban J connectivity index is 0.000000220. The molecule has 0 aliphatic carbocycles. The van der Waals surface area contributed by atoms with Crippen LogP contribution in [0.25, 0.3) is 0 Å². The second kappa shape index (κ2) is 7.27. The van der Waals surface area contributed by atoms with Gasteiger partial charge in [-0.3, -0.25) is 25.0 Å². The standard InChI is InChI=1S/C6H5ClN2O2.C6H6N2O3/c1-4-2-6(7)8-3-5(4)9(10)11;1-4-2-6(9)7-3-5(4)8(10)11/h2-3H,1H3;2-3H,1H3,(H,7,9). The first-order chi connectivity index (χ1) is 10.2. The second-order valence-electron chi connectivity index (χ2n) is 4.17. The van der Waals surface area contributed by atoms with Gasteiger partial charge in [0.25, 0.3) is 11.4 Å². The molecule has 10 heteroatoms. The van der Waals surface area contributed by atoms with Crippen LogP contribution in [0.1, 0.15) is 11.1 Å². The topological polar surface area (TPSA) is 132 Å². The van der Waals surface area contributed by atoms with Crippen LogP contribution in [0.3, 0.4) is 0 Å². The summed E-state index contributed by atoms with van der Waals surface area (Å²) in [6, 6.07) is 2.65. The van der Waals surface area contributed by atoms with E-state index in [-0.39, 0.29) is 22.1 Å². The lowest BCUT2D eigenvalue weighted by Gasteiger charge is -1.94. The van der Waals surface area contributed by atoms with Gasteiger partial charge in [-0.2, -0.15) is 0 Å². The van der Waals surface area contributed by atoms with E-state index in [1.165, 1.54) is 19.1 Å². The SMILES string of the molecule is Cc1cc(=O)[nH]cc1[N+](=O)[O-].Cc1cc(Cl)ncc1[N+](=O)[O-]. The van der Waals surface area contributed by atoms with Gasteiger partial charge in [-0.05, 0) is 19.9 Å². The van der Waals surface area contributed by atoms with Gasteiger partial charge < -0.3 is 4.98 Å². The molecular weight excluding hydrogens is 316 g/mol. The van der Waals surface area contributed by atoms with E-state index in [2.05, 4.69) is 9.97 Å². The average Bonchev–Trinajstić information content (AvgIpc) is 2.38. The molecule has 2 aromatic heterocycles. The monoisotopic (exact) mass is 326 g/mol. The summed E-state index contributed by atoms with van der Waals surface area (Å²) in [7, 11) is 0. The molecule has 0 radical (unpaired) electrons. The first kappa shape index (κ1) is 17.2. The van der Waals surface area contributed by atoms with Crippen LogP contribution in [0, 0.1) is 34.1 Å². The maximum Gasteiger partial charge on any atom is 0.290 e. The van der Waals surface area contributed by atoms with E-state index < -0.39 is 9.85 Å². The Bertz CT molecular complexity index is 774. The molecule has 0 amide bonds. The molecule has 2 rings (SSSR count). The minimum Gasteiger partial charge on any atom is -0.323 e. The first-order valence-corrected chi connectivity index (χ1v) is 6.20. The Morgan fingerprint density at radius 1 is 1.09 bits per heavy atom. The molecule has 0 unspecified atom stereocenters. The number of nitrogens with one attached hydrogen (secondary N) is 1. The molecule has 0 saturated carbocycles. The van der Waals surface area contributed by atoms with Crippen molar-refractivity contribution in [1.29, 1.82) is 0 Å². The maximum absolute atomic E-state index is 10.6. The number of nitrogens with zero attached hydrogens (tertiary/aromatic N) is 3. The number of nitro groups is 2. The van der Waals surface area contributed by atoms with Crippen LogP contribution in [0.4, 0.5) is 11.4 Å². The number of H-pyrrole nitrogens is 1. The summed E-state index contributed by atoms with van der Waals surface area (Å²) in [4.78, 5) is 35.8. The molecule has 0 fully saturated rings. The van der Waals surface area contributed by atoms with Crippen molar-refractivity contribution in [1.82, 2.24) is 9.97 Å². The molecule has 0 atom stereocenters. The molecule has 0 bridgehead atoms. The smallest absolute Gasteiger partial charge is 0.290 e. The summed E-state index contributed by atoms with van der Waals surface area (Å²) in [6.45, 7) is 3.14. The van der Waals surface area contributed by atoms with Crippen molar-refractivity contribution in [2.24, 2.45) is 0 Å². The summed E-state index contributed by atoms with van der Waals surface area (Å²) in [6.07, 6.45) is 2.25. The highest BCUT2D eigenvalue weighted by molar-refractivity contribution is 6.29. The van der Waals surface area contributed by atoms with Crippen molar-refractivity contribution in [3.8, 4) is 0 Å². The van der Waals surface area contributed by atoms with Gasteiger partial charge in [-0.15, -0.1) is 0 Å². The third-order valence-corrected chi connectivity index (χ3v) is 2.75. The number of halogens is 1. The van der Waals surface area contributed by atoms with Crippen molar-refractivity contribution in [3.63, 3.8) is 0 Å². The lowest BCUT2D eigenvalue weighted by molar-refractivity contribution is -0.385. The number of aryl methyl sites for hydroxylation is 2. The summed E-state index contributed by atoms with van der Waals surface area (Å²) < 4.78 is 0. The fourth-order valence-electron chi connectivity index (χ4n) is 1.47. The Morgan fingerprint density at radius 3 is 2.09 bits per heavy atom. The fraction of sp³-hybridized carbons (Fsp3) is 0.167. The van der Waals surface area contributed by atoms with Crippen LogP contribution < -0.4 is 5.56 Å². The largest absolute Gasteiger partial charge is 0.323 e. The summed E-state index contributed by atoms with van der Waals surface area (Å²) in [5.41, 5.74) is 0.501. The van der Waals surface area contributed by atoms with E-state index in [0.29, 0.717) is 11.1 Å². The predicted molar refractivity (Wildman–Crippen MR) is 79.1 cm³/mol. The quantitative estimate of drug-likeness (QED) is 0.512. The van der Waals surface area contributed by atoms with E-state index in [0.717, 1.165) is 12.4 Å². The van der Waals surface area contributed by atoms with Crippen molar-refractivity contribution >= 4 is 23.0 Å². The molecule has 0 aliphatic heterocycles. The number of aromatic amines is 1. The highest BCUT2D eigenvalue weighted by Crippen LogP contribution is 2.18. The number of aromatic nitrogens is 2. The van der Waals surface area contributed by atoms with Crippen LogP contribution in [-0.2, 0) is 0 Å². The maximum atomic E-state index is 10.6. The van der Waals surface area contributed by atoms with Gasteiger partial charge in [-0.1, -0.05) is 11.6 Å². The van der Waals surface area contributed by atoms with Crippen LogP contribution in [-0.4, -0.2) is 19.8 Å². The second-order valence-corrected chi connectivity index (χ2v) is 4.56. The summed E-state index contributed by atoms with van der Waals surface area (Å²) >= 11 is 5.49. The molecule has 1 N–H and O–H groups in total.